The van der Waals surface area contributed by atoms with Gasteiger partial charge in [0.25, 0.3) is 5.91 Å². The Kier molecular flexibility index (Phi) is 5.88. The van der Waals surface area contributed by atoms with Gasteiger partial charge in [0.2, 0.25) is 0 Å². The molecule has 0 aromatic heterocycles. The van der Waals surface area contributed by atoms with Crippen molar-refractivity contribution >= 4 is 17.5 Å². The minimum atomic E-state index is -0.504. The van der Waals surface area contributed by atoms with Gasteiger partial charge in [0.05, 0.1) is 0 Å². The lowest BCUT2D eigenvalue weighted by Gasteiger charge is -2.30. The molecule has 1 amide bonds. The summed E-state index contributed by atoms with van der Waals surface area (Å²) in [4.78, 5) is 14.6. The molecule has 0 radical (unpaired) electrons. The average molecular weight is 311 g/mol. The van der Waals surface area contributed by atoms with Gasteiger partial charge in [-0.15, -0.1) is 0 Å². The van der Waals surface area contributed by atoms with E-state index in [9.17, 15) is 4.79 Å². The van der Waals surface area contributed by atoms with Crippen LogP contribution in [-0.2, 0) is 4.79 Å². The van der Waals surface area contributed by atoms with Crippen molar-refractivity contribution in [2.45, 2.75) is 38.8 Å². The minimum Gasteiger partial charge on any atom is -0.481 e. The van der Waals surface area contributed by atoms with Crippen LogP contribution >= 0.6 is 11.6 Å². The number of rotatable bonds is 6. The predicted molar refractivity (Wildman–Crippen MR) is 84.8 cm³/mol. The zero-order valence-corrected chi connectivity index (χ0v) is 13.4. The minimum absolute atomic E-state index is 0.0468. The molecule has 0 bridgehead atoms. The van der Waals surface area contributed by atoms with Crippen LogP contribution in [0.25, 0.3) is 0 Å². The summed E-state index contributed by atoms with van der Waals surface area (Å²) < 4.78 is 5.75. The second-order valence-electron chi connectivity index (χ2n) is 5.40. The standard InChI is InChI=1S/C16H23ClN2O2/c1-3-9-19(14-7-8-18-11-14)16(20)12(2)21-15-6-4-5-13(17)10-15/h4-6,10,12,14,18H,3,7-9,11H2,1-2H3. The maximum atomic E-state index is 12.6. The molecule has 0 saturated carbocycles. The van der Waals surface area contributed by atoms with Crippen molar-refractivity contribution in [2.75, 3.05) is 19.6 Å². The van der Waals surface area contributed by atoms with Crippen LogP contribution in [0.4, 0.5) is 0 Å². The van der Waals surface area contributed by atoms with Crippen LogP contribution in [0, 0.1) is 0 Å². The normalized spacial score (nSPS) is 19.3. The number of halogens is 1. The summed E-state index contributed by atoms with van der Waals surface area (Å²) in [6, 6.07) is 7.43. The smallest absolute Gasteiger partial charge is 0.263 e. The first-order valence-corrected chi connectivity index (χ1v) is 7.93. The fraction of sp³-hybridized carbons (Fsp3) is 0.562. The van der Waals surface area contributed by atoms with Crippen molar-refractivity contribution in [3.05, 3.63) is 29.3 Å². The maximum absolute atomic E-state index is 12.6. The van der Waals surface area contributed by atoms with Crippen molar-refractivity contribution in [3.8, 4) is 5.75 Å². The molecule has 2 rings (SSSR count). The van der Waals surface area contributed by atoms with Crippen molar-refractivity contribution in [1.29, 1.82) is 0 Å². The molecule has 1 aliphatic rings. The Bertz CT molecular complexity index is 475. The highest BCUT2D eigenvalue weighted by Gasteiger charge is 2.29. The van der Waals surface area contributed by atoms with Crippen molar-refractivity contribution in [1.82, 2.24) is 10.2 Å². The van der Waals surface area contributed by atoms with E-state index in [-0.39, 0.29) is 11.9 Å². The number of carbonyl (C=O) groups is 1. The van der Waals surface area contributed by atoms with E-state index in [2.05, 4.69) is 12.2 Å². The van der Waals surface area contributed by atoms with E-state index in [1.54, 1.807) is 19.1 Å². The molecule has 4 nitrogen and oxygen atoms in total. The van der Waals surface area contributed by atoms with E-state index in [0.717, 1.165) is 32.5 Å². The van der Waals surface area contributed by atoms with Gasteiger partial charge in [-0.25, -0.2) is 0 Å². The van der Waals surface area contributed by atoms with Crippen LogP contribution in [-0.4, -0.2) is 42.6 Å². The Morgan fingerprint density at radius 3 is 3.00 bits per heavy atom. The molecule has 1 aromatic carbocycles. The number of carbonyl (C=O) groups excluding carboxylic acids is 1. The van der Waals surface area contributed by atoms with Crippen molar-refractivity contribution < 1.29 is 9.53 Å². The number of nitrogens with zero attached hydrogens (tertiary/aromatic N) is 1. The topological polar surface area (TPSA) is 41.6 Å². The monoisotopic (exact) mass is 310 g/mol. The first-order chi connectivity index (χ1) is 10.1. The Balaban J connectivity index is 2.01. The third-order valence-electron chi connectivity index (χ3n) is 3.68. The largest absolute Gasteiger partial charge is 0.481 e. The molecule has 0 spiro atoms. The molecule has 1 fully saturated rings. The van der Waals surface area contributed by atoms with E-state index in [0.29, 0.717) is 10.8 Å². The fourth-order valence-corrected chi connectivity index (χ4v) is 2.83. The number of amides is 1. The van der Waals surface area contributed by atoms with Crippen LogP contribution in [0.3, 0.4) is 0 Å². The summed E-state index contributed by atoms with van der Waals surface area (Å²) in [5.74, 6) is 0.676. The summed E-state index contributed by atoms with van der Waals surface area (Å²) in [5.41, 5.74) is 0. The van der Waals surface area contributed by atoms with Gasteiger partial charge in [-0.1, -0.05) is 24.6 Å². The van der Waals surface area contributed by atoms with Gasteiger partial charge in [0.1, 0.15) is 5.75 Å². The molecule has 1 heterocycles. The van der Waals surface area contributed by atoms with E-state index in [1.807, 2.05) is 17.0 Å². The Labute approximate surface area is 131 Å². The molecule has 2 atom stereocenters. The quantitative estimate of drug-likeness (QED) is 0.878. The SMILES string of the molecule is CCCN(C(=O)C(C)Oc1cccc(Cl)c1)C1CCNC1. The molecule has 1 aromatic rings. The third kappa shape index (κ3) is 4.35. The first-order valence-electron chi connectivity index (χ1n) is 7.55. The Hall–Kier alpha value is -1.26. The van der Waals surface area contributed by atoms with Gasteiger partial charge in [0.15, 0.2) is 6.10 Å². The molecular weight excluding hydrogens is 288 g/mol. The molecule has 1 saturated heterocycles. The predicted octanol–water partition coefficient (Wildman–Crippen LogP) is 2.71. The number of hydrogen-bond donors (Lipinski definition) is 1. The molecule has 2 unspecified atom stereocenters. The van der Waals surface area contributed by atoms with Crippen molar-refractivity contribution in [3.63, 3.8) is 0 Å². The Morgan fingerprint density at radius 2 is 2.38 bits per heavy atom. The highest BCUT2D eigenvalue weighted by atomic mass is 35.5. The second-order valence-corrected chi connectivity index (χ2v) is 5.83. The van der Waals surface area contributed by atoms with Gasteiger partial charge in [0, 0.05) is 24.2 Å². The number of ether oxygens (including phenoxy) is 1. The molecule has 116 valence electrons. The molecule has 1 aliphatic heterocycles. The van der Waals surface area contributed by atoms with Gasteiger partial charge in [-0.05, 0) is 44.5 Å². The number of hydrogen-bond acceptors (Lipinski definition) is 3. The van der Waals surface area contributed by atoms with Gasteiger partial charge in [-0.2, -0.15) is 0 Å². The van der Waals surface area contributed by atoms with Gasteiger partial charge >= 0.3 is 0 Å². The third-order valence-corrected chi connectivity index (χ3v) is 3.91. The van der Waals surface area contributed by atoms with Gasteiger partial charge in [-0.3, -0.25) is 4.79 Å². The molecule has 1 N–H and O–H groups in total. The highest BCUT2D eigenvalue weighted by molar-refractivity contribution is 6.30. The zero-order valence-electron chi connectivity index (χ0n) is 12.6. The van der Waals surface area contributed by atoms with E-state index in [1.165, 1.54) is 0 Å². The molecule has 5 heteroatoms. The van der Waals surface area contributed by atoms with E-state index in [4.69, 9.17) is 16.3 Å². The lowest BCUT2D eigenvalue weighted by atomic mass is 10.2. The summed E-state index contributed by atoms with van der Waals surface area (Å²) in [6.07, 6.45) is 1.46. The van der Waals surface area contributed by atoms with Crippen LogP contribution < -0.4 is 10.1 Å². The first kappa shape index (κ1) is 16.1. The van der Waals surface area contributed by atoms with Crippen LogP contribution in [0.1, 0.15) is 26.7 Å². The summed E-state index contributed by atoms with van der Waals surface area (Å²) in [5, 5.41) is 3.92. The maximum Gasteiger partial charge on any atom is 0.263 e. The van der Waals surface area contributed by atoms with Gasteiger partial charge < -0.3 is 15.0 Å². The molecule has 0 aliphatic carbocycles. The molecular formula is C16H23ClN2O2. The van der Waals surface area contributed by atoms with E-state index >= 15 is 0 Å². The highest BCUT2D eigenvalue weighted by Crippen LogP contribution is 2.20. The van der Waals surface area contributed by atoms with Crippen LogP contribution in [0.2, 0.25) is 5.02 Å². The summed E-state index contributed by atoms with van der Waals surface area (Å²) in [6.45, 7) is 6.51. The second kappa shape index (κ2) is 7.66. The lowest BCUT2D eigenvalue weighted by molar-refractivity contribution is -0.140. The number of benzene rings is 1. The lowest BCUT2D eigenvalue weighted by Crippen LogP contribution is -2.47. The fourth-order valence-electron chi connectivity index (χ4n) is 2.65. The van der Waals surface area contributed by atoms with E-state index < -0.39 is 6.10 Å². The Morgan fingerprint density at radius 1 is 1.57 bits per heavy atom. The van der Waals surface area contributed by atoms with Crippen LogP contribution in [0.5, 0.6) is 5.75 Å². The molecule has 21 heavy (non-hydrogen) atoms. The average Bonchev–Trinajstić information content (AvgIpc) is 2.98. The zero-order chi connectivity index (χ0) is 15.2. The summed E-state index contributed by atoms with van der Waals surface area (Å²) >= 11 is 5.94. The van der Waals surface area contributed by atoms with Crippen LogP contribution in [0.15, 0.2) is 24.3 Å². The van der Waals surface area contributed by atoms with Crippen molar-refractivity contribution in [2.24, 2.45) is 0 Å². The summed E-state index contributed by atoms with van der Waals surface area (Å²) in [7, 11) is 0. The number of nitrogens with one attached hydrogen (secondary N) is 1.